The molecule has 0 saturated carbocycles. The summed E-state index contributed by atoms with van der Waals surface area (Å²) in [5.74, 6) is 1.73. The molecule has 1 fully saturated rings. The fourth-order valence-electron chi connectivity index (χ4n) is 3.02. The molecule has 140 valence electrons. The van der Waals surface area contributed by atoms with E-state index in [9.17, 15) is 0 Å². The summed E-state index contributed by atoms with van der Waals surface area (Å²) in [4.78, 5) is 6.83. The molecule has 3 aromatic rings. The average molecular weight is 365 g/mol. The van der Waals surface area contributed by atoms with Crippen molar-refractivity contribution in [2.75, 3.05) is 44.7 Å². The summed E-state index contributed by atoms with van der Waals surface area (Å²) in [5.41, 5.74) is 2.91. The van der Waals surface area contributed by atoms with Gasteiger partial charge in [0.25, 0.3) is 5.89 Å². The third kappa shape index (κ3) is 4.32. The first-order valence-corrected chi connectivity index (χ1v) is 9.19. The van der Waals surface area contributed by atoms with Gasteiger partial charge in [-0.1, -0.05) is 17.7 Å². The molecule has 1 aliphatic heterocycles. The zero-order valence-electron chi connectivity index (χ0n) is 15.4. The molecule has 0 amide bonds. The summed E-state index contributed by atoms with van der Waals surface area (Å²) in [6, 6.07) is 11.8. The minimum atomic E-state index is 0.465. The van der Waals surface area contributed by atoms with Crippen molar-refractivity contribution in [3.63, 3.8) is 0 Å². The third-order valence-corrected chi connectivity index (χ3v) is 4.59. The molecular formula is C20H23N5O2. The highest BCUT2D eigenvalue weighted by molar-refractivity contribution is 5.69. The highest BCUT2D eigenvalue weighted by Crippen LogP contribution is 2.28. The predicted molar refractivity (Wildman–Crippen MR) is 103 cm³/mol. The fourth-order valence-corrected chi connectivity index (χ4v) is 3.02. The van der Waals surface area contributed by atoms with Crippen LogP contribution in [0.5, 0.6) is 0 Å². The SMILES string of the molecule is Cc1ccc(-c2nnc(-c3cccnc3NCCN3CCOCC3)o2)cc1. The van der Waals surface area contributed by atoms with Crippen LogP contribution in [0, 0.1) is 6.92 Å². The van der Waals surface area contributed by atoms with E-state index in [1.165, 1.54) is 5.56 Å². The Hall–Kier alpha value is -2.77. The molecule has 1 aliphatic rings. The van der Waals surface area contributed by atoms with E-state index < -0.39 is 0 Å². The van der Waals surface area contributed by atoms with Gasteiger partial charge in [-0.2, -0.15) is 0 Å². The first kappa shape index (κ1) is 17.6. The highest BCUT2D eigenvalue weighted by Gasteiger charge is 2.15. The van der Waals surface area contributed by atoms with Crippen LogP contribution in [-0.4, -0.2) is 59.5 Å². The average Bonchev–Trinajstić information content (AvgIpc) is 3.20. The Morgan fingerprint density at radius 1 is 1.04 bits per heavy atom. The maximum Gasteiger partial charge on any atom is 0.251 e. The Kier molecular flexibility index (Phi) is 5.41. The Morgan fingerprint density at radius 2 is 1.81 bits per heavy atom. The number of nitrogens with one attached hydrogen (secondary N) is 1. The molecule has 0 atom stereocenters. The lowest BCUT2D eigenvalue weighted by molar-refractivity contribution is 0.0398. The molecule has 7 heteroatoms. The molecule has 0 radical (unpaired) electrons. The Morgan fingerprint density at radius 3 is 2.63 bits per heavy atom. The van der Waals surface area contributed by atoms with Crippen molar-refractivity contribution in [2.45, 2.75) is 6.92 Å². The molecule has 1 aromatic carbocycles. The zero-order chi connectivity index (χ0) is 18.5. The number of nitrogens with zero attached hydrogens (tertiary/aromatic N) is 4. The number of aryl methyl sites for hydroxylation is 1. The molecule has 7 nitrogen and oxygen atoms in total. The zero-order valence-corrected chi connectivity index (χ0v) is 15.4. The topological polar surface area (TPSA) is 76.3 Å². The molecule has 0 aliphatic carbocycles. The minimum absolute atomic E-state index is 0.465. The van der Waals surface area contributed by atoms with E-state index in [4.69, 9.17) is 9.15 Å². The highest BCUT2D eigenvalue weighted by atomic mass is 16.5. The number of benzene rings is 1. The fraction of sp³-hybridized carbons (Fsp3) is 0.350. The second-order valence-corrected chi connectivity index (χ2v) is 6.56. The summed E-state index contributed by atoms with van der Waals surface area (Å²) in [7, 11) is 0. The minimum Gasteiger partial charge on any atom is -0.416 e. The lowest BCUT2D eigenvalue weighted by atomic mass is 10.1. The number of morpholine rings is 1. The van der Waals surface area contributed by atoms with Crippen LogP contribution >= 0.6 is 0 Å². The van der Waals surface area contributed by atoms with Crippen molar-refractivity contribution < 1.29 is 9.15 Å². The van der Waals surface area contributed by atoms with E-state index in [2.05, 4.69) is 25.4 Å². The van der Waals surface area contributed by atoms with Gasteiger partial charge in [0.1, 0.15) is 5.82 Å². The van der Waals surface area contributed by atoms with Crippen LogP contribution in [0.25, 0.3) is 22.9 Å². The van der Waals surface area contributed by atoms with Crippen molar-refractivity contribution in [3.8, 4) is 22.9 Å². The smallest absolute Gasteiger partial charge is 0.251 e. The summed E-state index contributed by atoms with van der Waals surface area (Å²) in [6.07, 6.45) is 1.76. The lowest BCUT2D eigenvalue weighted by Crippen LogP contribution is -2.39. The molecule has 1 saturated heterocycles. The van der Waals surface area contributed by atoms with Crippen molar-refractivity contribution in [2.24, 2.45) is 0 Å². The van der Waals surface area contributed by atoms with E-state index in [0.29, 0.717) is 11.8 Å². The summed E-state index contributed by atoms with van der Waals surface area (Å²) in [6.45, 7) is 7.34. The van der Waals surface area contributed by atoms with Gasteiger partial charge < -0.3 is 14.5 Å². The molecule has 3 heterocycles. The van der Waals surface area contributed by atoms with E-state index >= 15 is 0 Å². The summed E-state index contributed by atoms with van der Waals surface area (Å²) in [5, 5.41) is 11.8. The van der Waals surface area contributed by atoms with Gasteiger partial charge in [-0.3, -0.25) is 4.90 Å². The van der Waals surface area contributed by atoms with Gasteiger partial charge in [0.05, 0.1) is 18.8 Å². The largest absolute Gasteiger partial charge is 0.416 e. The maximum atomic E-state index is 5.90. The van der Waals surface area contributed by atoms with E-state index in [0.717, 1.165) is 56.3 Å². The van der Waals surface area contributed by atoms with Gasteiger partial charge in [0.15, 0.2) is 0 Å². The molecule has 0 unspecified atom stereocenters. The molecule has 1 N–H and O–H groups in total. The normalized spacial score (nSPS) is 15.0. The molecule has 2 aromatic heterocycles. The van der Waals surface area contributed by atoms with Gasteiger partial charge >= 0.3 is 0 Å². The molecule has 0 bridgehead atoms. The number of ether oxygens (including phenoxy) is 1. The summed E-state index contributed by atoms with van der Waals surface area (Å²) >= 11 is 0. The number of rotatable bonds is 6. The third-order valence-electron chi connectivity index (χ3n) is 4.59. The first-order chi connectivity index (χ1) is 13.3. The number of hydrogen-bond acceptors (Lipinski definition) is 7. The van der Waals surface area contributed by atoms with Gasteiger partial charge in [0, 0.05) is 37.9 Å². The van der Waals surface area contributed by atoms with Crippen LogP contribution in [-0.2, 0) is 4.74 Å². The van der Waals surface area contributed by atoms with Crippen LogP contribution in [0.1, 0.15) is 5.56 Å². The van der Waals surface area contributed by atoms with Crippen LogP contribution < -0.4 is 5.32 Å². The quantitative estimate of drug-likeness (QED) is 0.720. The van der Waals surface area contributed by atoms with Gasteiger partial charge in [-0.25, -0.2) is 4.98 Å². The summed E-state index contributed by atoms with van der Waals surface area (Å²) < 4.78 is 11.3. The van der Waals surface area contributed by atoms with Crippen molar-refractivity contribution in [1.82, 2.24) is 20.1 Å². The van der Waals surface area contributed by atoms with Crippen molar-refractivity contribution >= 4 is 5.82 Å². The van der Waals surface area contributed by atoms with E-state index in [1.807, 2.05) is 43.3 Å². The van der Waals surface area contributed by atoms with Crippen LogP contribution in [0.3, 0.4) is 0 Å². The second-order valence-electron chi connectivity index (χ2n) is 6.56. The monoisotopic (exact) mass is 365 g/mol. The van der Waals surface area contributed by atoms with Crippen LogP contribution in [0.15, 0.2) is 47.0 Å². The van der Waals surface area contributed by atoms with Crippen LogP contribution in [0.2, 0.25) is 0 Å². The van der Waals surface area contributed by atoms with Crippen molar-refractivity contribution in [3.05, 3.63) is 48.2 Å². The van der Waals surface area contributed by atoms with Crippen LogP contribution in [0.4, 0.5) is 5.82 Å². The molecular weight excluding hydrogens is 342 g/mol. The number of hydrogen-bond donors (Lipinski definition) is 1. The number of anilines is 1. The van der Waals surface area contributed by atoms with Gasteiger partial charge in [0.2, 0.25) is 5.89 Å². The van der Waals surface area contributed by atoms with E-state index in [1.54, 1.807) is 6.20 Å². The van der Waals surface area contributed by atoms with Gasteiger partial charge in [-0.15, -0.1) is 10.2 Å². The predicted octanol–water partition coefficient (Wildman–Crippen LogP) is 2.85. The second kappa shape index (κ2) is 8.28. The number of pyridine rings is 1. The molecule has 27 heavy (non-hydrogen) atoms. The molecule has 0 spiro atoms. The maximum absolute atomic E-state index is 5.90. The van der Waals surface area contributed by atoms with Crippen molar-refractivity contribution in [1.29, 1.82) is 0 Å². The number of aromatic nitrogens is 3. The van der Waals surface area contributed by atoms with Gasteiger partial charge in [-0.05, 0) is 31.2 Å². The van der Waals surface area contributed by atoms with E-state index in [-0.39, 0.29) is 0 Å². The Labute approximate surface area is 158 Å². The standard InChI is InChI=1S/C20H23N5O2/c1-15-4-6-16(7-5-15)19-23-24-20(27-19)17-3-2-8-21-18(17)22-9-10-25-11-13-26-14-12-25/h2-8H,9-14H2,1H3,(H,21,22). The molecule has 4 rings (SSSR count). The Balaban J connectivity index is 1.46. The first-order valence-electron chi connectivity index (χ1n) is 9.19. The lowest BCUT2D eigenvalue weighted by Gasteiger charge is -2.26. The Bertz CT molecular complexity index is 872.